The van der Waals surface area contributed by atoms with Crippen LogP contribution in [0.15, 0.2) is 12.7 Å². The van der Waals surface area contributed by atoms with Gasteiger partial charge >= 0.3 is 0 Å². The Balaban J connectivity index is 4.26. The molecule has 12 heavy (non-hydrogen) atoms. The van der Waals surface area contributed by atoms with Gasteiger partial charge in [0.2, 0.25) is 5.91 Å². The highest BCUT2D eigenvalue weighted by Gasteiger charge is 2.15. The molecule has 0 unspecified atom stereocenters. The van der Waals surface area contributed by atoms with E-state index in [1.165, 1.54) is 25.1 Å². The van der Waals surface area contributed by atoms with Crippen LogP contribution in [0.5, 0.6) is 0 Å². The molecule has 0 fully saturated rings. The van der Waals surface area contributed by atoms with E-state index in [9.17, 15) is 13.2 Å². The summed E-state index contributed by atoms with van der Waals surface area (Å²) in [4.78, 5) is 12.2. The van der Waals surface area contributed by atoms with Crippen molar-refractivity contribution >= 4 is 15.7 Å². The third-order valence-electron chi connectivity index (χ3n) is 1.21. The fourth-order valence-corrected chi connectivity index (χ4v) is 1.67. The second-order valence-corrected chi connectivity index (χ2v) is 4.74. The van der Waals surface area contributed by atoms with Crippen LogP contribution in [0.3, 0.4) is 0 Å². The molecule has 0 aliphatic heterocycles. The van der Waals surface area contributed by atoms with Crippen LogP contribution in [-0.2, 0) is 14.6 Å². The van der Waals surface area contributed by atoms with Gasteiger partial charge in [-0.15, -0.1) is 6.58 Å². The molecule has 0 saturated carbocycles. The van der Waals surface area contributed by atoms with Gasteiger partial charge in [-0.25, -0.2) is 8.42 Å². The highest BCUT2D eigenvalue weighted by Crippen LogP contribution is 1.92. The number of rotatable bonds is 4. The Morgan fingerprint density at radius 3 is 2.33 bits per heavy atom. The average molecular weight is 191 g/mol. The first-order chi connectivity index (χ1) is 5.39. The van der Waals surface area contributed by atoms with Gasteiger partial charge in [0.15, 0.2) is 9.84 Å². The Morgan fingerprint density at radius 1 is 1.50 bits per heavy atom. The maximum atomic E-state index is 11.0. The standard InChI is InChI=1S/C7H13NO3S/c1-4-5-12(10,11)6-7(9)8(2)3/h4H,1,5-6H2,2-3H3. The summed E-state index contributed by atoms with van der Waals surface area (Å²) in [5.74, 6) is -0.990. The van der Waals surface area contributed by atoms with Gasteiger partial charge < -0.3 is 4.90 Å². The van der Waals surface area contributed by atoms with E-state index in [2.05, 4.69) is 6.58 Å². The van der Waals surface area contributed by atoms with Crippen molar-refractivity contribution in [1.29, 1.82) is 0 Å². The van der Waals surface area contributed by atoms with Gasteiger partial charge in [-0.1, -0.05) is 6.08 Å². The first-order valence-electron chi connectivity index (χ1n) is 3.40. The molecule has 0 heterocycles. The van der Waals surface area contributed by atoms with Crippen molar-refractivity contribution in [2.24, 2.45) is 0 Å². The molecule has 0 spiro atoms. The monoisotopic (exact) mass is 191 g/mol. The number of carbonyl (C=O) groups excluding carboxylic acids is 1. The second-order valence-electron chi connectivity index (χ2n) is 2.63. The lowest BCUT2D eigenvalue weighted by Gasteiger charge is -2.09. The first-order valence-corrected chi connectivity index (χ1v) is 5.22. The molecule has 0 N–H and O–H groups in total. The van der Waals surface area contributed by atoms with Crippen LogP contribution in [0.1, 0.15) is 0 Å². The molecule has 0 rings (SSSR count). The highest BCUT2D eigenvalue weighted by molar-refractivity contribution is 7.92. The molecule has 0 aromatic carbocycles. The molecule has 0 aliphatic rings. The summed E-state index contributed by atoms with van der Waals surface area (Å²) < 4.78 is 22.1. The lowest BCUT2D eigenvalue weighted by molar-refractivity contribution is -0.125. The van der Waals surface area contributed by atoms with E-state index in [1.54, 1.807) is 0 Å². The zero-order valence-electron chi connectivity index (χ0n) is 7.28. The van der Waals surface area contributed by atoms with Crippen molar-refractivity contribution in [3.05, 3.63) is 12.7 Å². The van der Waals surface area contributed by atoms with Crippen LogP contribution < -0.4 is 0 Å². The highest BCUT2D eigenvalue weighted by atomic mass is 32.2. The minimum Gasteiger partial charge on any atom is -0.348 e. The maximum absolute atomic E-state index is 11.0. The van der Waals surface area contributed by atoms with Crippen LogP contribution >= 0.6 is 0 Å². The topological polar surface area (TPSA) is 54.5 Å². The Hall–Kier alpha value is -0.840. The number of nitrogens with zero attached hydrogens (tertiary/aromatic N) is 1. The van der Waals surface area contributed by atoms with Gasteiger partial charge in [-0.05, 0) is 0 Å². The molecule has 1 amide bonds. The van der Waals surface area contributed by atoms with Gasteiger partial charge in [0, 0.05) is 14.1 Å². The summed E-state index contributed by atoms with van der Waals surface area (Å²) in [5, 5.41) is 0. The normalized spacial score (nSPS) is 10.8. The van der Waals surface area contributed by atoms with Crippen molar-refractivity contribution in [2.75, 3.05) is 25.6 Å². The van der Waals surface area contributed by atoms with E-state index in [1.807, 2.05) is 0 Å². The summed E-state index contributed by atoms with van der Waals surface area (Å²) in [7, 11) is -0.246. The van der Waals surface area contributed by atoms with Crippen LogP contribution in [0.2, 0.25) is 0 Å². The molecule has 0 saturated heterocycles. The minimum atomic E-state index is -3.29. The number of hydrogen-bond donors (Lipinski definition) is 0. The maximum Gasteiger partial charge on any atom is 0.237 e. The fraction of sp³-hybridized carbons (Fsp3) is 0.571. The molecule has 0 atom stereocenters. The van der Waals surface area contributed by atoms with Gasteiger partial charge in [0.25, 0.3) is 0 Å². The molecule has 0 aliphatic carbocycles. The molecule has 0 bridgehead atoms. The minimum absolute atomic E-state index is 0.146. The largest absolute Gasteiger partial charge is 0.348 e. The van der Waals surface area contributed by atoms with E-state index in [-0.39, 0.29) is 5.75 Å². The smallest absolute Gasteiger partial charge is 0.237 e. The van der Waals surface area contributed by atoms with Crippen LogP contribution in [-0.4, -0.2) is 44.8 Å². The van der Waals surface area contributed by atoms with E-state index in [0.29, 0.717) is 0 Å². The number of hydrogen-bond acceptors (Lipinski definition) is 3. The van der Waals surface area contributed by atoms with Crippen LogP contribution in [0.4, 0.5) is 0 Å². The Morgan fingerprint density at radius 2 is 2.00 bits per heavy atom. The molecular weight excluding hydrogens is 178 g/mol. The van der Waals surface area contributed by atoms with Crippen molar-refractivity contribution < 1.29 is 13.2 Å². The molecular formula is C7H13NO3S. The lowest BCUT2D eigenvalue weighted by atomic mass is 10.6. The van der Waals surface area contributed by atoms with E-state index in [4.69, 9.17) is 0 Å². The zero-order valence-corrected chi connectivity index (χ0v) is 8.10. The Labute approximate surface area is 72.8 Å². The molecule has 0 aromatic rings. The second kappa shape index (κ2) is 4.25. The third-order valence-corrected chi connectivity index (χ3v) is 2.64. The fourth-order valence-electron chi connectivity index (χ4n) is 0.556. The molecule has 0 aromatic heterocycles. The van der Waals surface area contributed by atoms with E-state index >= 15 is 0 Å². The van der Waals surface area contributed by atoms with Gasteiger partial charge in [0.1, 0.15) is 5.75 Å². The van der Waals surface area contributed by atoms with Gasteiger partial charge in [-0.3, -0.25) is 4.79 Å². The molecule has 0 radical (unpaired) electrons. The van der Waals surface area contributed by atoms with Gasteiger partial charge in [-0.2, -0.15) is 0 Å². The third kappa shape index (κ3) is 4.12. The number of carbonyl (C=O) groups is 1. The molecule has 4 nitrogen and oxygen atoms in total. The predicted octanol–water partition coefficient (Wildman–Crippen LogP) is -0.325. The van der Waals surface area contributed by atoms with Crippen molar-refractivity contribution in [2.45, 2.75) is 0 Å². The predicted molar refractivity (Wildman–Crippen MR) is 47.5 cm³/mol. The van der Waals surface area contributed by atoms with E-state index < -0.39 is 21.5 Å². The summed E-state index contributed by atoms with van der Waals surface area (Å²) in [6, 6.07) is 0. The van der Waals surface area contributed by atoms with Crippen molar-refractivity contribution in [1.82, 2.24) is 4.90 Å². The van der Waals surface area contributed by atoms with Crippen LogP contribution in [0, 0.1) is 0 Å². The first kappa shape index (κ1) is 11.2. The SMILES string of the molecule is C=CCS(=O)(=O)CC(=O)N(C)C. The molecule has 5 heteroatoms. The summed E-state index contributed by atoms with van der Waals surface area (Å²) >= 11 is 0. The lowest BCUT2D eigenvalue weighted by Crippen LogP contribution is -2.29. The Bertz CT molecular complexity index is 266. The van der Waals surface area contributed by atoms with Crippen LogP contribution in [0.25, 0.3) is 0 Å². The van der Waals surface area contributed by atoms with Crippen molar-refractivity contribution in [3.63, 3.8) is 0 Å². The summed E-state index contributed by atoms with van der Waals surface area (Å²) in [6.45, 7) is 3.29. The summed E-state index contributed by atoms with van der Waals surface area (Å²) in [6.07, 6.45) is 1.28. The number of sulfone groups is 1. The van der Waals surface area contributed by atoms with Crippen molar-refractivity contribution in [3.8, 4) is 0 Å². The zero-order chi connectivity index (χ0) is 9.78. The quantitative estimate of drug-likeness (QED) is 0.572. The summed E-state index contributed by atoms with van der Waals surface area (Å²) in [5.41, 5.74) is 0. The number of amides is 1. The molecule has 70 valence electrons. The average Bonchev–Trinajstić information content (AvgIpc) is 1.85. The van der Waals surface area contributed by atoms with E-state index in [0.717, 1.165) is 0 Å². The van der Waals surface area contributed by atoms with Gasteiger partial charge in [0.05, 0.1) is 5.75 Å². The Kier molecular flexibility index (Phi) is 3.95.